The van der Waals surface area contributed by atoms with Crippen LogP contribution in [0.25, 0.3) is 0 Å². The van der Waals surface area contributed by atoms with Crippen LogP contribution in [0.15, 0.2) is 0 Å². The van der Waals surface area contributed by atoms with Crippen molar-refractivity contribution in [2.24, 2.45) is 17.1 Å². The number of hydrogen-bond donors (Lipinski definition) is 1. The maximum atomic E-state index is 11.5. The highest BCUT2D eigenvalue weighted by molar-refractivity contribution is 5.81. The monoisotopic (exact) mass is 185 g/mol. The number of rotatable bonds is 1. The third-order valence-corrected chi connectivity index (χ3v) is 3.07. The summed E-state index contributed by atoms with van der Waals surface area (Å²) in [6.45, 7) is 6.30. The van der Waals surface area contributed by atoms with E-state index in [-0.39, 0.29) is 17.3 Å². The summed E-state index contributed by atoms with van der Waals surface area (Å²) in [6, 6.07) is 0. The number of ether oxygens (including phenoxy) is 1. The van der Waals surface area contributed by atoms with E-state index in [2.05, 4.69) is 13.8 Å². The van der Waals surface area contributed by atoms with E-state index in [1.165, 1.54) is 7.11 Å². The van der Waals surface area contributed by atoms with Gasteiger partial charge in [0.1, 0.15) is 5.54 Å². The van der Waals surface area contributed by atoms with Crippen LogP contribution >= 0.6 is 0 Å². The number of nitrogens with two attached hydrogens (primary N) is 1. The molecular weight excluding hydrogens is 166 g/mol. The lowest BCUT2D eigenvalue weighted by Crippen LogP contribution is -2.51. The molecular formula is C10H19NO2. The Balaban J connectivity index is 2.87. The molecule has 1 saturated carbocycles. The van der Waals surface area contributed by atoms with E-state index in [9.17, 15) is 4.79 Å². The van der Waals surface area contributed by atoms with Gasteiger partial charge >= 0.3 is 5.97 Å². The van der Waals surface area contributed by atoms with Gasteiger partial charge in [0.2, 0.25) is 0 Å². The predicted molar refractivity (Wildman–Crippen MR) is 51.1 cm³/mol. The van der Waals surface area contributed by atoms with Crippen molar-refractivity contribution in [1.29, 1.82) is 0 Å². The van der Waals surface area contributed by atoms with Crippen molar-refractivity contribution in [2.45, 2.75) is 39.2 Å². The van der Waals surface area contributed by atoms with Crippen molar-refractivity contribution in [1.82, 2.24) is 0 Å². The van der Waals surface area contributed by atoms with E-state index < -0.39 is 5.54 Å². The molecule has 1 aliphatic carbocycles. The summed E-state index contributed by atoms with van der Waals surface area (Å²) >= 11 is 0. The average molecular weight is 185 g/mol. The van der Waals surface area contributed by atoms with Gasteiger partial charge in [0, 0.05) is 0 Å². The summed E-state index contributed by atoms with van der Waals surface area (Å²) in [5, 5.41) is 0. The summed E-state index contributed by atoms with van der Waals surface area (Å²) in [5.74, 6) is -0.0690. The lowest BCUT2D eigenvalue weighted by atomic mass is 9.87. The molecule has 3 nitrogen and oxygen atoms in total. The minimum absolute atomic E-state index is 0.155. The molecule has 0 aromatic carbocycles. The molecule has 2 atom stereocenters. The van der Waals surface area contributed by atoms with E-state index in [1.54, 1.807) is 0 Å². The van der Waals surface area contributed by atoms with E-state index in [0.717, 1.165) is 6.42 Å². The topological polar surface area (TPSA) is 52.3 Å². The van der Waals surface area contributed by atoms with Crippen molar-refractivity contribution < 1.29 is 9.53 Å². The molecule has 0 bridgehead atoms. The van der Waals surface area contributed by atoms with Gasteiger partial charge in [-0.2, -0.15) is 0 Å². The van der Waals surface area contributed by atoms with Crippen molar-refractivity contribution in [3.05, 3.63) is 0 Å². The van der Waals surface area contributed by atoms with Crippen LogP contribution in [-0.2, 0) is 9.53 Å². The highest BCUT2D eigenvalue weighted by Gasteiger charge is 2.51. The van der Waals surface area contributed by atoms with Gasteiger partial charge in [0.15, 0.2) is 0 Å². The third-order valence-electron chi connectivity index (χ3n) is 3.07. The molecule has 2 N–H and O–H groups in total. The average Bonchev–Trinajstić information content (AvgIpc) is 2.20. The van der Waals surface area contributed by atoms with E-state index >= 15 is 0 Å². The summed E-state index contributed by atoms with van der Waals surface area (Å²) in [4.78, 5) is 11.5. The van der Waals surface area contributed by atoms with Crippen LogP contribution < -0.4 is 5.73 Å². The van der Waals surface area contributed by atoms with Crippen LogP contribution in [0.1, 0.15) is 33.6 Å². The minimum Gasteiger partial charge on any atom is -0.468 e. The molecule has 13 heavy (non-hydrogen) atoms. The number of carbonyl (C=O) groups excluding carboxylic acids is 1. The molecule has 0 aliphatic heterocycles. The first-order valence-corrected chi connectivity index (χ1v) is 4.69. The smallest absolute Gasteiger partial charge is 0.326 e. The molecule has 0 heterocycles. The van der Waals surface area contributed by atoms with Crippen LogP contribution in [-0.4, -0.2) is 18.6 Å². The number of methoxy groups -OCH3 is 1. The van der Waals surface area contributed by atoms with Crippen LogP contribution in [0.2, 0.25) is 0 Å². The predicted octanol–water partition coefficient (Wildman–Crippen LogP) is 1.31. The highest BCUT2D eigenvalue weighted by atomic mass is 16.5. The van der Waals surface area contributed by atoms with Crippen LogP contribution in [0.3, 0.4) is 0 Å². The zero-order chi connectivity index (χ0) is 10.3. The molecule has 0 radical (unpaired) electrons. The Kier molecular flexibility index (Phi) is 2.41. The lowest BCUT2D eigenvalue weighted by Gasteiger charge is -2.26. The zero-order valence-corrected chi connectivity index (χ0v) is 8.89. The van der Waals surface area contributed by atoms with Gasteiger partial charge in [-0.25, -0.2) is 0 Å². The molecule has 1 aliphatic rings. The second-order valence-electron chi connectivity index (χ2n) is 4.98. The van der Waals surface area contributed by atoms with Crippen molar-refractivity contribution >= 4 is 5.97 Å². The van der Waals surface area contributed by atoms with E-state index in [1.807, 2.05) is 6.92 Å². The number of hydrogen-bond acceptors (Lipinski definition) is 3. The molecule has 0 amide bonds. The van der Waals surface area contributed by atoms with E-state index in [0.29, 0.717) is 6.42 Å². The van der Waals surface area contributed by atoms with Crippen LogP contribution in [0.5, 0.6) is 0 Å². The standard InChI is InChI=1S/C10H19NO2/c1-7-5-9(2,3)6-10(7,11)8(12)13-4/h7H,5-6,11H2,1-4H3. The fourth-order valence-electron chi connectivity index (χ4n) is 2.51. The largest absolute Gasteiger partial charge is 0.468 e. The van der Waals surface area contributed by atoms with Gasteiger partial charge in [-0.15, -0.1) is 0 Å². The first-order chi connectivity index (χ1) is 5.82. The fourth-order valence-corrected chi connectivity index (χ4v) is 2.51. The number of carbonyl (C=O) groups is 1. The normalized spacial score (nSPS) is 37.5. The molecule has 0 aromatic rings. The van der Waals surface area contributed by atoms with Gasteiger partial charge in [-0.05, 0) is 24.2 Å². The van der Waals surface area contributed by atoms with Crippen LogP contribution in [0, 0.1) is 11.3 Å². The first-order valence-electron chi connectivity index (χ1n) is 4.69. The maximum Gasteiger partial charge on any atom is 0.326 e. The molecule has 76 valence electrons. The maximum absolute atomic E-state index is 11.5. The highest BCUT2D eigenvalue weighted by Crippen LogP contribution is 2.46. The van der Waals surface area contributed by atoms with Gasteiger partial charge in [0.05, 0.1) is 7.11 Å². The van der Waals surface area contributed by atoms with Crippen molar-refractivity contribution in [2.75, 3.05) is 7.11 Å². The second kappa shape index (κ2) is 2.98. The van der Waals surface area contributed by atoms with E-state index in [4.69, 9.17) is 10.5 Å². The third kappa shape index (κ3) is 1.70. The first kappa shape index (κ1) is 10.5. The number of esters is 1. The molecule has 1 rings (SSSR count). The minimum atomic E-state index is -0.766. The molecule has 0 saturated heterocycles. The Bertz CT molecular complexity index is 225. The van der Waals surface area contributed by atoms with Gasteiger partial charge in [0.25, 0.3) is 0 Å². The fraction of sp³-hybridized carbons (Fsp3) is 0.900. The Labute approximate surface area is 79.6 Å². The Morgan fingerprint density at radius 2 is 2.08 bits per heavy atom. The summed E-state index contributed by atoms with van der Waals surface area (Å²) in [5.41, 5.74) is 5.45. The van der Waals surface area contributed by atoms with Gasteiger partial charge < -0.3 is 10.5 Å². The Hall–Kier alpha value is -0.570. The zero-order valence-electron chi connectivity index (χ0n) is 8.89. The molecule has 2 unspecified atom stereocenters. The Morgan fingerprint density at radius 3 is 2.38 bits per heavy atom. The summed E-state index contributed by atoms with van der Waals surface area (Å²) < 4.78 is 4.74. The SMILES string of the molecule is COC(=O)C1(N)CC(C)(C)CC1C. The molecule has 0 spiro atoms. The summed E-state index contributed by atoms with van der Waals surface area (Å²) in [7, 11) is 1.40. The van der Waals surface area contributed by atoms with Gasteiger partial charge in [-0.3, -0.25) is 4.79 Å². The van der Waals surface area contributed by atoms with Crippen molar-refractivity contribution in [3.8, 4) is 0 Å². The molecule has 0 aromatic heterocycles. The molecule has 1 fully saturated rings. The molecule has 3 heteroatoms. The van der Waals surface area contributed by atoms with Gasteiger partial charge in [-0.1, -0.05) is 20.8 Å². The quantitative estimate of drug-likeness (QED) is 0.627. The summed E-state index contributed by atoms with van der Waals surface area (Å²) in [6.07, 6.45) is 1.70. The van der Waals surface area contributed by atoms with Crippen LogP contribution in [0.4, 0.5) is 0 Å². The second-order valence-corrected chi connectivity index (χ2v) is 4.98. The van der Waals surface area contributed by atoms with Crippen molar-refractivity contribution in [3.63, 3.8) is 0 Å². The Morgan fingerprint density at radius 1 is 1.54 bits per heavy atom. The lowest BCUT2D eigenvalue weighted by molar-refractivity contribution is -0.148.